The van der Waals surface area contributed by atoms with Crippen LogP contribution in [-0.4, -0.2) is 49.4 Å². The summed E-state index contributed by atoms with van der Waals surface area (Å²) < 4.78 is 25.3. The Bertz CT molecular complexity index is 799. The zero-order chi connectivity index (χ0) is 22.8. The fourth-order valence-corrected chi connectivity index (χ4v) is 4.95. The summed E-state index contributed by atoms with van der Waals surface area (Å²) in [5.74, 6) is 0.489. The zero-order valence-electron chi connectivity index (χ0n) is 19.3. The van der Waals surface area contributed by atoms with E-state index in [1.807, 2.05) is 26.8 Å². The largest absolute Gasteiger partial charge is 0.452 e. The van der Waals surface area contributed by atoms with Crippen LogP contribution in [0, 0.1) is 17.7 Å². The molecule has 1 aromatic rings. The van der Waals surface area contributed by atoms with Crippen LogP contribution in [0.4, 0.5) is 19.7 Å². The summed E-state index contributed by atoms with van der Waals surface area (Å²) in [7, 11) is 1.33. The van der Waals surface area contributed by atoms with Gasteiger partial charge in [0.05, 0.1) is 12.8 Å². The van der Waals surface area contributed by atoms with Gasteiger partial charge in [0, 0.05) is 19.6 Å². The maximum Gasteiger partial charge on any atom is 0.414 e. The molecule has 0 bridgehead atoms. The molecule has 31 heavy (non-hydrogen) atoms. The van der Waals surface area contributed by atoms with Crippen molar-refractivity contribution in [2.45, 2.75) is 64.9 Å². The average molecular weight is 435 g/mol. The van der Waals surface area contributed by atoms with Gasteiger partial charge in [-0.25, -0.2) is 14.0 Å². The summed E-state index contributed by atoms with van der Waals surface area (Å²) in [5, 5.41) is 0. The number of anilines is 1. The van der Waals surface area contributed by atoms with Gasteiger partial charge in [0.1, 0.15) is 11.4 Å². The van der Waals surface area contributed by atoms with E-state index < -0.39 is 11.7 Å². The number of fused-ring (bicyclic) bond motifs is 1. The van der Waals surface area contributed by atoms with Crippen LogP contribution in [-0.2, 0) is 9.47 Å². The second-order valence-electron chi connectivity index (χ2n) is 9.71. The monoisotopic (exact) mass is 434 g/mol. The molecular formula is C24H35FN2O4. The molecule has 0 aromatic heterocycles. The van der Waals surface area contributed by atoms with E-state index in [1.165, 1.54) is 18.1 Å². The molecule has 1 unspecified atom stereocenters. The minimum absolute atomic E-state index is 0.151. The minimum Gasteiger partial charge on any atom is -0.452 e. The number of carbonyl (C=O) groups excluding carboxylic acids is 2. The molecule has 2 atom stereocenters. The molecule has 0 aliphatic carbocycles. The normalized spacial score (nSPS) is 21.2. The Morgan fingerprint density at radius 2 is 1.77 bits per heavy atom. The number of amides is 2. The molecule has 1 fully saturated rings. The molecular weight excluding hydrogens is 399 g/mol. The minimum atomic E-state index is -0.523. The topological polar surface area (TPSA) is 59.1 Å². The number of hydrogen-bond acceptors (Lipinski definition) is 4. The lowest BCUT2D eigenvalue weighted by atomic mass is 9.73. The molecule has 0 spiro atoms. The van der Waals surface area contributed by atoms with Crippen LogP contribution in [0.15, 0.2) is 18.2 Å². The summed E-state index contributed by atoms with van der Waals surface area (Å²) in [6.07, 6.45) is 2.68. The van der Waals surface area contributed by atoms with Gasteiger partial charge < -0.3 is 14.4 Å². The van der Waals surface area contributed by atoms with Crippen molar-refractivity contribution < 1.29 is 23.5 Å². The molecule has 6 nitrogen and oxygen atoms in total. The molecule has 0 radical (unpaired) electrons. The SMILES string of the molecule is COC(=O)N1CCCC([C@@H](C)C2CCN(C(=O)OC(C)(C)C)CC2)c2cccc(F)c21. The van der Waals surface area contributed by atoms with E-state index in [2.05, 4.69) is 6.92 Å². The van der Waals surface area contributed by atoms with E-state index in [1.54, 1.807) is 11.0 Å². The first kappa shape index (κ1) is 23.4. The second kappa shape index (κ2) is 9.45. The molecule has 0 N–H and O–H groups in total. The van der Waals surface area contributed by atoms with E-state index >= 15 is 0 Å². The second-order valence-corrected chi connectivity index (χ2v) is 9.71. The van der Waals surface area contributed by atoms with Crippen molar-refractivity contribution in [3.8, 4) is 0 Å². The number of benzene rings is 1. The fraction of sp³-hybridized carbons (Fsp3) is 0.667. The first-order valence-electron chi connectivity index (χ1n) is 11.2. The van der Waals surface area contributed by atoms with Crippen molar-refractivity contribution in [2.75, 3.05) is 31.6 Å². The molecule has 2 aliphatic heterocycles. The Morgan fingerprint density at radius 1 is 1.10 bits per heavy atom. The van der Waals surface area contributed by atoms with E-state index in [-0.39, 0.29) is 17.8 Å². The number of rotatable bonds is 2. The predicted octanol–water partition coefficient (Wildman–Crippen LogP) is 5.56. The number of nitrogens with zero attached hydrogens (tertiary/aromatic N) is 2. The van der Waals surface area contributed by atoms with E-state index in [9.17, 15) is 14.0 Å². The van der Waals surface area contributed by atoms with Crippen LogP contribution >= 0.6 is 0 Å². The van der Waals surface area contributed by atoms with Gasteiger partial charge in [0.2, 0.25) is 0 Å². The van der Waals surface area contributed by atoms with Gasteiger partial charge in [-0.2, -0.15) is 0 Å². The van der Waals surface area contributed by atoms with Crippen molar-refractivity contribution in [2.24, 2.45) is 11.8 Å². The molecule has 172 valence electrons. The summed E-state index contributed by atoms with van der Waals surface area (Å²) >= 11 is 0. The van der Waals surface area contributed by atoms with E-state index in [0.29, 0.717) is 37.2 Å². The number of halogens is 1. The quantitative estimate of drug-likeness (QED) is 0.611. The van der Waals surface area contributed by atoms with Gasteiger partial charge in [-0.3, -0.25) is 4.90 Å². The van der Waals surface area contributed by atoms with E-state index in [4.69, 9.17) is 9.47 Å². The van der Waals surface area contributed by atoms with E-state index in [0.717, 1.165) is 31.2 Å². The van der Waals surface area contributed by atoms with Gasteiger partial charge in [-0.15, -0.1) is 0 Å². The highest BCUT2D eigenvalue weighted by molar-refractivity contribution is 5.89. The third kappa shape index (κ3) is 5.31. The Kier molecular flexibility index (Phi) is 7.12. The molecule has 2 heterocycles. The van der Waals surface area contributed by atoms with Gasteiger partial charge >= 0.3 is 12.2 Å². The highest BCUT2D eigenvalue weighted by Crippen LogP contribution is 2.44. The lowest BCUT2D eigenvalue weighted by Crippen LogP contribution is -2.43. The molecule has 2 aliphatic rings. The number of hydrogen-bond donors (Lipinski definition) is 0. The Morgan fingerprint density at radius 3 is 2.39 bits per heavy atom. The summed E-state index contributed by atoms with van der Waals surface area (Å²) in [6.45, 7) is 9.63. The number of piperidine rings is 1. The Labute approximate surface area is 184 Å². The molecule has 3 rings (SSSR count). The van der Waals surface area contributed by atoms with Crippen molar-refractivity contribution in [3.63, 3.8) is 0 Å². The molecule has 0 saturated carbocycles. The lowest BCUT2D eigenvalue weighted by molar-refractivity contribution is 0.0155. The number of likely N-dealkylation sites (tertiary alicyclic amines) is 1. The van der Waals surface area contributed by atoms with Gasteiger partial charge in [0.25, 0.3) is 0 Å². The standard InChI is InChI=1S/C24H35FN2O4/c1-16(17-11-14-26(15-12-17)22(28)31-24(2,3)4)18-9-7-13-27(23(29)30-5)21-19(18)8-6-10-20(21)25/h6,8,10,16-18H,7,9,11-15H2,1-5H3/t16-,18?/m0/s1. The van der Waals surface area contributed by atoms with Gasteiger partial charge in [-0.05, 0) is 75.8 Å². The van der Waals surface area contributed by atoms with Crippen LogP contribution in [0.25, 0.3) is 0 Å². The third-order valence-corrected chi connectivity index (χ3v) is 6.55. The maximum atomic E-state index is 14.8. The predicted molar refractivity (Wildman–Crippen MR) is 118 cm³/mol. The summed E-state index contributed by atoms with van der Waals surface area (Å²) in [6, 6.07) is 5.07. The van der Waals surface area contributed by atoms with Crippen LogP contribution in [0.1, 0.15) is 64.9 Å². The van der Waals surface area contributed by atoms with Crippen molar-refractivity contribution in [3.05, 3.63) is 29.6 Å². The highest BCUT2D eigenvalue weighted by Gasteiger charge is 2.36. The number of carbonyl (C=O) groups is 2. The zero-order valence-corrected chi connectivity index (χ0v) is 19.3. The average Bonchev–Trinajstić information content (AvgIpc) is 2.92. The Hall–Kier alpha value is -2.31. The first-order valence-corrected chi connectivity index (χ1v) is 11.2. The van der Waals surface area contributed by atoms with Crippen LogP contribution in [0.2, 0.25) is 0 Å². The van der Waals surface area contributed by atoms with Crippen molar-refractivity contribution in [1.29, 1.82) is 0 Å². The van der Waals surface area contributed by atoms with Crippen LogP contribution < -0.4 is 4.90 Å². The van der Waals surface area contributed by atoms with Gasteiger partial charge in [0.15, 0.2) is 0 Å². The maximum absolute atomic E-state index is 14.8. The van der Waals surface area contributed by atoms with Gasteiger partial charge in [-0.1, -0.05) is 19.1 Å². The van der Waals surface area contributed by atoms with Crippen molar-refractivity contribution in [1.82, 2.24) is 4.90 Å². The number of para-hydroxylation sites is 1. The molecule has 1 aromatic carbocycles. The smallest absolute Gasteiger partial charge is 0.414 e. The molecule has 2 amide bonds. The third-order valence-electron chi connectivity index (χ3n) is 6.55. The van der Waals surface area contributed by atoms with Crippen LogP contribution in [0.3, 0.4) is 0 Å². The first-order chi connectivity index (χ1) is 14.6. The van der Waals surface area contributed by atoms with Crippen LogP contribution in [0.5, 0.6) is 0 Å². The Balaban J connectivity index is 1.75. The molecule has 7 heteroatoms. The number of ether oxygens (including phenoxy) is 2. The number of methoxy groups -OCH3 is 1. The van der Waals surface area contributed by atoms with Crippen molar-refractivity contribution >= 4 is 17.9 Å². The fourth-order valence-electron chi connectivity index (χ4n) is 4.95. The summed E-state index contributed by atoms with van der Waals surface area (Å²) in [5.41, 5.74) is 0.737. The lowest BCUT2D eigenvalue weighted by Gasteiger charge is -2.38. The highest BCUT2D eigenvalue weighted by atomic mass is 19.1. The summed E-state index contributed by atoms with van der Waals surface area (Å²) in [4.78, 5) is 27.9. The molecule has 1 saturated heterocycles.